The Kier molecular flexibility index (Phi) is 8.23. The summed E-state index contributed by atoms with van der Waals surface area (Å²) in [5.74, 6) is 0. The highest BCUT2D eigenvalue weighted by Crippen LogP contribution is 2.52. The molecule has 0 aromatic heterocycles. The van der Waals surface area contributed by atoms with E-state index in [4.69, 9.17) is 0 Å². The fourth-order valence-electron chi connectivity index (χ4n) is 8.83. The number of rotatable bonds is 7. The average Bonchev–Trinajstić information content (AvgIpc) is 3.50. The minimum atomic E-state index is -0.0845. The van der Waals surface area contributed by atoms with Gasteiger partial charge < -0.3 is 4.90 Å². The Balaban J connectivity index is 1.05. The van der Waals surface area contributed by atoms with Crippen molar-refractivity contribution < 1.29 is 0 Å². The number of anilines is 3. The molecule has 0 unspecified atom stereocenters. The predicted octanol–water partition coefficient (Wildman–Crippen LogP) is 15.3. The minimum absolute atomic E-state index is 0.0845. The summed E-state index contributed by atoms with van der Waals surface area (Å²) in [5.41, 5.74) is 18.5. The van der Waals surface area contributed by atoms with Crippen molar-refractivity contribution in [3.63, 3.8) is 0 Å². The van der Waals surface area contributed by atoms with Crippen LogP contribution in [-0.4, -0.2) is 0 Å². The van der Waals surface area contributed by atoms with Gasteiger partial charge in [-0.1, -0.05) is 178 Å². The van der Waals surface area contributed by atoms with Crippen LogP contribution in [0.25, 0.3) is 66.4 Å². The van der Waals surface area contributed by atoms with E-state index in [0.717, 1.165) is 17.1 Å². The van der Waals surface area contributed by atoms with Gasteiger partial charge in [0, 0.05) is 22.5 Å². The molecule has 0 spiro atoms. The number of hydrogen-bond donors (Lipinski definition) is 0. The Labute approximate surface area is 329 Å². The second-order valence-electron chi connectivity index (χ2n) is 15.4. The van der Waals surface area contributed by atoms with E-state index in [0.29, 0.717) is 0 Å². The highest BCUT2D eigenvalue weighted by Gasteiger charge is 2.37. The van der Waals surface area contributed by atoms with Crippen molar-refractivity contribution in [3.8, 4) is 55.6 Å². The monoisotopic (exact) mass is 715 g/mol. The van der Waals surface area contributed by atoms with Gasteiger partial charge in [-0.3, -0.25) is 0 Å². The summed E-state index contributed by atoms with van der Waals surface area (Å²) >= 11 is 0. The molecule has 0 radical (unpaired) electrons. The molecule has 9 aromatic rings. The van der Waals surface area contributed by atoms with Gasteiger partial charge in [-0.15, -0.1) is 0 Å². The molecule has 9 aromatic carbocycles. The first-order chi connectivity index (χ1) is 27.5. The highest BCUT2D eigenvalue weighted by molar-refractivity contribution is 5.91. The maximum absolute atomic E-state index is 2.38. The Morgan fingerprint density at radius 3 is 1.55 bits per heavy atom. The molecule has 0 saturated carbocycles. The molecule has 266 valence electrons. The first-order valence-electron chi connectivity index (χ1n) is 19.5. The molecule has 0 amide bonds. The second kappa shape index (κ2) is 13.7. The zero-order valence-electron chi connectivity index (χ0n) is 31.7. The summed E-state index contributed by atoms with van der Waals surface area (Å²) in [6.45, 7) is 4.72. The van der Waals surface area contributed by atoms with Crippen LogP contribution in [0.3, 0.4) is 0 Å². The lowest BCUT2D eigenvalue weighted by atomic mass is 9.79. The maximum Gasteiger partial charge on any atom is 0.0467 e. The standard InChI is InChI=1S/C55H41N/c1-55(2)53-24-9-8-21-51(53)52-23-12-22-50(54(52)55)41-29-33-48(34-30-41)56(49-20-11-19-45(37-49)46-26-25-39-15-6-7-16-42(39)36-46)47-31-27-40(28-32-47)44-18-10-17-43(35-44)38-13-4-3-5-14-38/h3-37H,1-2H3. The molecule has 0 aliphatic heterocycles. The molecular weight excluding hydrogens is 675 g/mol. The van der Waals surface area contributed by atoms with E-state index in [1.54, 1.807) is 0 Å². The summed E-state index contributed by atoms with van der Waals surface area (Å²) in [5, 5.41) is 2.49. The Morgan fingerprint density at radius 2 is 0.804 bits per heavy atom. The molecule has 1 nitrogen and oxygen atoms in total. The minimum Gasteiger partial charge on any atom is -0.310 e. The van der Waals surface area contributed by atoms with Crippen LogP contribution >= 0.6 is 0 Å². The van der Waals surface area contributed by atoms with Crippen LogP contribution in [0.2, 0.25) is 0 Å². The van der Waals surface area contributed by atoms with Gasteiger partial charge in [-0.2, -0.15) is 0 Å². The number of benzene rings is 9. The van der Waals surface area contributed by atoms with Crippen molar-refractivity contribution in [1.29, 1.82) is 0 Å². The van der Waals surface area contributed by atoms with Gasteiger partial charge in [-0.25, -0.2) is 0 Å². The summed E-state index contributed by atoms with van der Waals surface area (Å²) in [7, 11) is 0. The lowest BCUT2D eigenvalue weighted by molar-refractivity contribution is 0.662. The summed E-state index contributed by atoms with van der Waals surface area (Å²) in [4.78, 5) is 2.38. The number of nitrogens with zero attached hydrogens (tertiary/aromatic N) is 1. The van der Waals surface area contributed by atoms with Crippen LogP contribution in [0.15, 0.2) is 212 Å². The van der Waals surface area contributed by atoms with Crippen LogP contribution in [-0.2, 0) is 5.41 Å². The van der Waals surface area contributed by atoms with Crippen molar-refractivity contribution in [2.24, 2.45) is 0 Å². The first kappa shape index (κ1) is 33.6. The van der Waals surface area contributed by atoms with E-state index < -0.39 is 0 Å². The van der Waals surface area contributed by atoms with Gasteiger partial charge >= 0.3 is 0 Å². The Bertz CT molecular complexity index is 2860. The normalized spacial score (nSPS) is 12.6. The molecule has 10 rings (SSSR count). The van der Waals surface area contributed by atoms with Gasteiger partial charge in [0.05, 0.1) is 0 Å². The topological polar surface area (TPSA) is 3.24 Å². The van der Waals surface area contributed by atoms with Gasteiger partial charge in [0.2, 0.25) is 0 Å². The molecule has 0 fully saturated rings. The Morgan fingerprint density at radius 1 is 0.304 bits per heavy atom. The van der Waals surface area contributed by atoms with Gasteiger partial charge in [0.1, 0.15) is 0 Å². The quantitative estimate of drug-likeness (QED) is 0.159. The maximum atomic E-state index is 2.38. The van der Waals surface area contributed by atoms with E-state index in [-0.39, 0.29) is 5.41 Å². The fraction of sp³-hybridized carbons (Fsp3) is 0.0545. The first-order valence-corrected chi connectivity index (χ1v) is 19.5. The second-order valence-corrected chi connectivity index (χ2v) is 15.4. The van der Waals surface area contributed by atoms with Crippen molar-refractivity contribution in [2.45, 2.75) is 19.3 Å². The van der Waals surface area contributed by atoms with Gasteiger partial charge in [-0.05, 0) is 126 Å². The van der Waals surface area contributed by atoms with Crippen LogP contribution < -0.4 is 4.90 Å². The van der Waals surface area contributed by atoms with Gasteiger partial charge in [0.25, 0.3) is 0 Å². The molecular formula is C55H41N. The third-order valence-corrected chi connectivity index (χ3v) is 11.6. The van der Waals surface area contributed by atoms with Crippen LogP contribution in [0.1, 0.15) is 25.0 Å². The fourth-order valence-corrected chi connectivity index (χ4v) is 8.83. The van der Waals surface area contributed by atoms with Gasteiger partial charge in [0.15, 0.2) is 0 Å². The molecule has 1 aliphatic rings. The highest BCUT2D eigenvalue weighted by atomic mass is 15.1. The van der Waals surface area contributed by atoms with E-state index in [9.17, 15) is 0 Å². The molecule has 0 N–H and O–H groups in total. The van der Waals surface area contributed by atoms with Crippen molar-refractivity contribution in [3.05, 3.63) is 223 Å². The molecule has 0 atom stereocenters. The van der Waals surface area contributed by atoms with Crippen molar-refractivity contribution in [1.82, 2.24) is 0 Å². The smallest absolute Gasteiger partial charge is 0.0467 e. The zero-order valence-corrected chi connectivity index (χ0v) is 31.7. The van der Waals surface area contributed by atoms with Crippen LogP contribution in [0, 0.1) is 0 Å². The predicted molar refractivity (Wildman–Crippen MR) is 238 cm³/mol. The molecule has 56 heavy (non-hydrogen) atoms. The molecule has 0 heterocycles. The van der Waals surface area contributed by atoms with Crippen LogP contribution in [0.5, 0.6) is 0 Å². The number of hydrogen-bond acceptors (Lipinski definition) is 1. The van der Waals surface area contributed by atoms with E-state index >= 15 is 0 Å². The molecule has 0 bridgehead atoms. The zero-order chi connectivity index (χ0) is 37.6. The average molecular weight is 716 g/mol. The van der Waals surface area contributed by atoms with Crippen molar-refractivity contribution in [2.75, 3.05) is 4.90 Å². The summed E-state index contributed by atoms with van der Waals surface area (Å²) < 4.78 is 0. The van der Waals surface area contributed by atoms with Crippen LogP contribution in [0.4, 0.5) is 17.1 Å². The molecule has 1 heteroatoms. The Hall–Kier alpha value is -6.96. The van der Waals surface area contributed by atoms with E-state index in [1.165, 1.54) is 77.5 Å². The third kappa shape index (κ3) is 5.90. The van der Waals surface area contributed by atoms with Crippen molar-refractivity contribution >= 4 is 27.8 Å². The summed E-state index contributed by atoms with van der Waals surface area (Å²) in [6, 6.07) is 77.5. The lowest BCUT2D eigenvalue weighted by Crippen LogP contribution is -2.16. The van der Waals surface area contributed by atoms with E-state index in [1.807, 2.05) is 0 Å². The third-order valence-electron chi connectivity index (χ3n) is 11.6. The number of fused-ring (bicyclic) bond motifs is 4. The lowest BCUT2D eigenvalue weighted by Gasteiger charge is -2.27. The van der Waals surface area contributed by atoms with E-state index in [2.05, 4.69) is 231 Å². The largest absolute Gasteiger partial charge is 0.310 e. The molecule has 0 saturated heterocycles. The SMILES string of the molecule is CC1(C)c2ccccc2-c2cccc(-c3ccc(N(c4ccc(-c5cccc(-c6ccccc6)c5)cc4)c4cccc(-c5ccc6ccccc6c5)c4)cc3)c21. The summed E-state index contributed by atoms with van der Waals surface area (Å²) in [6.07, 6.45) is 0. The molecule has 1 aliphatic carbocycles.